The minimum atomic E-state index is -0.250. The maximum atomic E-state index is 11.9. The zero-order chi connectivity index (χ0) is 15.2. The minimum Gasteiger partial charge on any atom is -0.508 e. The van der Waals surface area contributed by atoms with Gasteiger partial charge in [0.15, 0.2) is 0 Å². The first-order valence-electron chi connectivity index (χ1n) is 6.78. The summed E-state index contributed by atoms with van der Waals surface area (Å²) in [6.45, 7) is 4.22. The molecule has 0 atom stereocenters. The molecule has 2 N–H and O–H groups in total. The number of rotatable bonds is 4. The van der Waals surface area contributed by atoms with Crippen LogP contribution in [-0.2, 0) is 0 Å². The molecule has 0 heterocycles. The third kappa shape index (κ3) is 4.18. The van der Waals surface area contributed by atoms with Crippen molar-refractivity contribution < 1.29 is 9.90 Å². The molecule has 4 nitrogen and oxygen atoms in total. The second-order valence-electron chi connectivity index (χ2n) is 5.07. The highest BCUT2D eigenvalue weighted by atomic mass is 16.3. The molecule has 0 saturated carbocycles. The number of hydrogen-bond acceptors (Lipinski definition) is 3. The number of amides is 1. The summed E-state index contributed by atoms with van der Waals surface area (Å²) < 4.78 is 0. The monoisotopic (exact) mass is 282 g/mol. The largest absolute Gasteiger partial charge is 0.508 e. The summed E-state index contributed by atoms with van der Waals surface area (Å²) in [5.74, 6) is 0.386. The molecule has 0 aliphatic rings. The van der Waals surface area contributed by atoms with E-state index in [1.165, 1.54) is 11.8 Å². The van der Waals surface area contributed by atoms with Crippen LogP contribution in [0.5, 0.6) is 5.75 Å². The lowest BCUT2D eigenvalue weighted by Gasteiger charge is -2.05. The number of aromatic hydroxyl groups is 1. The van der Waals surface area contributed by atoms with Crippen molar-refractivity contribution in [2.45, 2.75) is 19.8 Å². The molecule has 108 valence electrons. The Kier molecular flexibility index (Phi) is 4.72. The van der Waals surface area contributed by atoms with Gasteiger partial charge in [-0.15, -0.1) is 0 Å². The first-order valence-corrected chi connectivity index (χ1v) is 6.78. The highest BCUT2D eigenvalue weighted by Crippen LogP contribution is 2.14. The highest BCUT2D eigenvalue weighted by Gasteiger charge is 2.05. The van der Waals surface area contributed by atoms with Crippen molar-refractivity contribution in [1.82, 2.24) is 5.43 Å². The Morgan fingerprint density at radius 1 is 1.10 bits per heavy atom. The van der Waals surface area contributed by atoms with Crippen LogP contribution in [0.1, 0.15) is 41.3 Å². The summed E-state index contributed by atoms with van der Waals surface area (Å²) in [6, 6.07) is 14.0. The van der Waals surface area contributed by atoms with Gasteiger partial charge in [-0.25, -0.2) is 5.43 Å². The lowest BCUT2D eigenvalue weighted by molar-refractivity contribution is 0.0955. The highest BCUT2D eigenvalue weighted by molar-refractivity contribution is 5.94. The van der Waals surface area contributed by atoms with E-state index in [9.17, 15) is 4.79 Å². The molecule has 0 aliphatic heterocycles. The average Bonchev–Trinajstić information content (AvgIpc) is 2.49. The van der Waals surface area contributed by atoms with Crippen LogP contribution in [0.3, 0.4) is 0 Å². The average molecular weight is 282 g/mol. The van der Waals surface area contributed by atoms with Crippen molar-refractivity contribution in [1.29, 1.82) is 0 Å². The van der Waals surface area contributed by atoms with Crippen LogP contribution in [0.25, 0.3) is 0 Å². The van der Waals surface area contributed by atoms with Gasteiger partial charge < -0.3 is 5.11 Å². The van der Waals surface area contributed by atoms with Crippen molar-refractivity contribution in [2.75, 3.05) is 0 Å². The Hall–Kier alpha value is -2.62. The first kappa shape index (κ1) is 14.8. The van der Waals surface area contributed by atoms with Gasteiger partial charge in [0.2, 0.25) is 0 Å². The quantitative estimate of drug-likeness (QED) is 0.667. The Morgan fingerprint density at radius 3 is 2.29 bits per heavy atom. The fourth-order valence-corrected chi connectivity index (χ4v) is 1.81. The molecule has 2 rings (SSSR count). The molecule has 0 fully saturated rings. The fraction of sp³-hybridized carbons (Fsp3) is 0.176. The predicted octanol–water partition coefficient (Wildman–Crippen LogP) is 3.28. The van der Waals surface area contributed by atoms with E-state index in [1.807, 2.05) is 12.1 Å². The minimum absolute atomic E-state index is 0.196. The molecule has 2 aromatic carbocycles. The SMILES string of the molecule is CC(C)c1ccc(C(=O)NN=Cc2ccc(O)cc2)cc1. The van der Waals surface area contributed by atoms with Gasteiger partial charge in [0.1, 0.15) is 5.75 Å². The summed E-state index contributed by atoms with van der Waals surface area (Å²) in [5.41, 5.74) is 5.04. The lowest BCUT2D eigenvalue weighted by Crippen LogP contribution is -2.17. The van der Waals surface area contributed by atoms with Crippen molar-refractivity contribution in [3.05, 3.63) is 65.2 Å². The van der Waals surface area contributed by atoms with E-state index >= 15 is 0 Å². The molecule has 0 radical (unpaired) electrons. The van der Waals surface area contributed by atoms with Crippen LogP contribution >= 0.6 is 0 Å². The number of carbonyl (C=O) groups is 1. The van der Waals surface area contributed by atoms with E-state index in [4.69, 9.17) is 5.11 Å². The van der Waals surface area contributed by atoms with Crippen LogP contribution in [0.15, 0.2) is 53.6 Å². The summed E-state index contributed by atoms with van der Waals surface area (Å²) >= 11 is 0. The molecule has 0 unspecified atom stereocenters. The lowest BCUT2D eigenvalue weighted by atomic mass is 10.0. The van der Waals surface area contributed by atoms with Crippen LogP contribution in [-0.4, -0.2) is 17.2 Å². The Bertz CT molecular complexity index is 629. The van der Waals surface area contributed by atoms with Gasteiger partial charge in [-0.2, -0.15) is 5.10 Å². The Labute approximate surface area is 124 Å². The van der Waals surface area contributed by atoms with Crippen LogP contribution in [0, 0.1) is 0 Å². The fourth-order valence-electron chi connectivity index (χ4n) is 1.81. The third-order valence-corrected chi connectivity index (χ3v) is 3.11. The Balaban J connectivity index is 1.96. The second-order valence-corrected chi connectivity index (χ2v) is 5.07. The van der Waals surface area contributed by atoms with Gasteiger partial charge in [-0.05, 0) is 53.4 Å². The van der Waals surface area contributed by atoms with Crippen LogP contribution in [0.4, 0.5) is 0 Å². The normalized spacial score (nSPS) is 11.0. The number of hydrogen-bond donors (Lipinski definition) is 2. The van der Waals surface area contributed by atoms with E-state index in [2.05, 4.69) is 24.4 Å². The second kappa shape index (κ2) is 6.70. The molecule has 0 bridgehead atoms. The van der Waals surface area contributed by atoms with Gasteiger partial charge >= 0.3 is 0 Å². The summed E-state index contributed by atoms with van der Waals surface area (Å²) in [6.07, 6.45) is 1.53. The van der Waals surface area contributed by atoms with Crippen LogP contribution in [0.2, 0.25) is 0 Å². The molecule has 21 heavy (non-hydrogen) atoms. The van der Waals surface area contributed by atoms with Gasteiger partial charge in [-0.3, -0.25) is 4.79 Å². The number of hydrazone groups is 1. The number of benzene rings is 2. The van der Waals surface area contributed by atoms with Gasteiger partial charge in [0, 0.05) is 5.56 Å². The molecule has 0 aromatic heterocycles. The predicted molar refractivity (Wildman–Crippen MR) is 83.7 cm³/mol. The topological polar surface area (TPSA) is 61.7 Å². The molecule has 0 aliphatic carbocycles. The number of carbonyl (C=O) groups excluding carboxylic acids is 1. The van der Waals surface area contributed by atoms with Crippen molar-refractivity contribution in [3.8, 4) is 5.75 Å². The zero-order valence-corrected chi connectivity index (χ0v) is 12.1. The van der Waals surface area contributed by atoms with E-state index in [-0.39, 0.29) is 11.7 Å². The molecule has 0 saturated heterocycles. The smallest absolute Gasteiger partial charge is 0.271 e. The molecule has 1 amide bonds. The van der Waals surface area contributed by atoms with E-state index < -0.39 is 0 Å². The zero-order valence-electron chi connectivity index (χ0n) is 12.1. The maximum Gasteiger partial charge on any atom is 0.271 e. The van der Waals surface area contributed by atoms with E-state index in [0.717, 1.165) is 5.56 Å². The molecular formula is C17H18N2O2. The summed E-state index contributed by atoms with van der Waals surface area (Å²) in [7, 11) is 0. The molecular weight excluding hydrogens is 264 g/mol. The van der Waals surface area contributed by atoms with Crippen molar-refractivity contribution in [3.63, 3.8) is 0 Å². The standard InChI is InChI=1S/C17H18N2O2/c1-12(2)14-5-7-15(8-6-14)17(21)19-18-11-13-3-9-16(20)10-4-13/h3-12,20H,1-2H3,(H,19,21). The van der Waals surface area contributed by atoms with Crippen molar-refractivity contribution >= 4 is 12.1 Å². The third-order valence-electron chi connectivity index (χ3n) is 3.11. The number of phenols is 1. The molecule has 0 spiro atoms. The number of phenolic OH excluding ortho intramolecular Hbond substituents is 1. The summed E-state index contributed by atoms with van der Waals surface area (Å²) in [5, 5.41) is 13.1. The number of nitrogens with one attached hydrogen (secondary N) is 1. The van der Waals surface area contributed by atoms with Crippen LogP contribution < -0.4 is 5.43 Å². The van der Waals surface area contributed by atoms with E-state index in [1.54, 1.807) is 36.4 Å². The molecule has 2 aromatic rings. The maximum absolute atomic E-state index is 11.9. The van der Waals surface area contributed by atoms with Gasteiger partial charge in [-0.1, -0.05) is 26.0 Å². The Morgan fingerprint density at radius 2 is 1.71 bits per heavy atom. The van der Waals surface area contributed by atoms with E-state index in [0.29, 0.717) is 11.5 Å². The summed E-state index contributed by atoms with van der Waals surface area (Å²) in [4.78, 5) is 11.9. The van der Waals surface area contributed by atoms with Gasteiger partial charge in [0.05, 0.1) is 6.21 Å². The number of nitrogens with zero attached hydrogens (tertiary/aromatic N) is 1. The van der Waals surface area contributed by atoms with Gasteiger partial charge in [0.25, 0.3) is 5.91 Å². The first-order chi connectivity index (χ1) is 10.1. The van der Waals surface area contributed by atoms with Crippen molar-refractivity contribution in [2.24, 2.45) is 5.10 Å². The molecule has 4 heteroatoms.